The van der Waals surface area contributed by atoms with Gasteiger partial charge in [-0.1, -0.05) is 6.07 Å². The molecule has 3 N–H and O–H groups in total. The van der Waals surface area contributed by atoms with Crippen molar-refractivity contribution in [2.45, 2.75) is 12.5 Å². The number of hydrogen-bond donors (Lipinski definition) is 3. The van der Waals surface area contributed by atoms with Crippen molar-refractivity contribution in [3.8, 4) is 0 Å². The highest BCUT2D eigenvalue weighted by molar-refractivity contribution is 5.92. The summed E-state index contributed by atoms with van der Waals surface area (Å²) in [6.07, 6.45) is 2.09. The fraction of sp³-hybridized carbons (Fsp3) is 0.308. The van der Waals surface area contributed by atoms with Gasteiger partial charge in [-0.2, -0.15) is 0 Å². The Hall–Kier alpha value is -2.41. The molecule has 7 nitrogen and oxygen atoms in total. The van der Waals surface area contributed by atoms with Gasteiger partial charge in [0.15, 0.2) is 0 Å². The van der Waals surface area contributed by atoms with E-state index in [2.05, 4.69) is 15.6 Å². The van der Waals surface area contributed by atoms with E-state index in [1.807, 2.05) is 0 Å². The van der Waals surface area contributed by atoms with Crippen LogP contribution in [-0.2, 0) is 11.2 Å². The summed E-state index contributed by atoms with van der Waals surface area (Å²) in [4.78, 5) is 25.4. The van der Waals surface area contributed by atoms with Crippen LogP contribution in [0.15, 0.2) is 24.4 Å². The third-order valence-corrected chi connectivity index (χ3v) is 3.30. The molecule has 0 bridgehead atoms. The minimum Gasteiger partial charge on any atom is -0.361 e. The Kier molecular flexibility index (Phi) is 3.99. The van der Waals surface area contributed by atoms with Gasteiger partial charge >= 0.3 is 0 Å². The van der Waals surface area contributed by atoms with Gasteiger partial charge in [0.05, 0.1) is 21.9 Å². The predicted octanol–water partition coefficient (Wildman–Crippen LogP) is 0.953. The Morgan fingerprint density at radius 1 is 1.45 bits per heavy atom. The Morgan fingerprint density at radius 3 is 2.80 bits per heavy atom. The van der Waals surface area contributed by atoms with Gasteiger partial charge in [0.2, 0.25) is 5.91 Å². The zero-order valence-electron chi connectivity index (χ0n) is 11.3. The Morgan fingerprint density at radius 2 is 2.20 bits per heavy atom. The second kappa shape index (κ2) is 5.70. The summed E-state index contributed by atoms with van der Waals surface area (Å²) in [7, 11) is 3.24. The van der Waals surface area contributed by atoms with Crippen molar-refractivity contribution in [2.24, 2.45) is 0 Å². The largest absolute Gasteiger partial charge is 0.361 e. The molecular formula is C13H16N4O3. The van der Waals surface area contributed by atoms with Crippen LogP contribution in [0.2, 0.25) is 0 Å². The van der Waals surface area contributed by atoms with Gasteiger partial charge < -0.3 is 15.6 Å². The number of nitrogens with one attached hydrogen (secondary N) is 3. The molecule has 1 aromatic heterocycles. The summed E-state index contributed by atoms with van der Waals surface area (Å²) in [6, 6.07) is 4.45. The smallest absolute Gasteiger partial charge is 0.279 e. The van der Waals surface area contributed by atoms with Crippen molar-refractivity contribution in [1.82, 2.24) is 15.6 Å². The normalized spacial score (nSPS) is 12.3. The van der Waals surface area contributed by atoms with E-state index in [1.165, 1.54) is 6.07 Å². The molecule has 0 radical (unpaired) electrons. The molecule has 0 unspecified atom stereocenters. The van der Waals surface area contributed by atoms with Crippen LogP contribution in [-0.4, -0.2) is 36.0 Å². The standard InChI is InChI=1S/C13H16N4O3/c1-14-10(13(18)15-2)6-8-7-16-9-4-3-5-11(12(8)9)17(19)20/h3-5,7,10,14,16H,6H2,1-2H3,(H,15,18)/t10-/m0/s1. The number of rotatable bonds is 5. The Balaban J connectivity index is 2.44. The molecule has 0 spiro atoms. The molecule has 1 heterocycles. The van der Waals surface area contributed by atoms with Crippen molar-refractivity contribution in [2.75, 3.05) is 14.1 Å². The molecule has 0 aliphatic rings. The maximum absolute atomic E-state index is 11.7. The number of nitrogens with zero attached hydrogens (tertiary/aromatic N) is 1. The van der Waals surface area contributed by atoms with Gasteiger partial charge in [0.1, 0.15) is 0 Å². The van der Waals surface area contributed by atoms with Crippen molar-refractivity contribution in [1.29, 1.82) is 0 Å². The lowest BCUT2D eigenvalue weighted by Gasteiger charge is -2.13. The number of aromatic amines is 1. The third kappa shape index (κ3) is 2.48. The monoisotopic (exact) mass is 276 g/mol. The molecular weight excluding hydrogens is 260 g/mol. The van der Waals surface area contributed by atoms with Crippen LogP contribution in [0.3, 0.4) is 0 Å². The molecule has 0 aliphatic carbocycles. The molecule has 0 fully saturated rings. The zero-order chi connectivity index (χ0) is 14.7. The zero-order valence-corrected chi connectivity index (χ0v) is 11.3. The van der Waals surface area contributed by atoms with E-state index in [0.717, 1.165) is 5.56 Å². The van der Waals surface area contributed by atoms with E-state index in [1.54, 1.807) is 32.4 Å². The maximum Gasteiger partial charge on any atom is 0.279 e. The highest BCUT2D eigenvalue weighted by atomic mass is 16.6. The molecule has 0 saturated heterocycles. The van der Waals surface area contributed by atoms with Crippen molar-refractivity contribution < 1.29 is 9.72 Å². The van der Waals surface area contributed by atoms with Crippen molar-refractivity contribution >= 4 is 22.5 Å². The lowest BCUT2D eigenvalue weighted by molar-refractivity contribution is -0.383. The number of fused-ring (bicyclic) bond motifs is 1. The number of amides is 1. The molecule has 1 amide bonds. The average molecular weight is 276 g/mol. The molecule has 2 rings (SSSR count). The predicted molar refractivity (Wildman–Crippen MR) is 75.6 cm³/mol. The lowest BCUT2D eigenvalue weighted by atomic mass is 10.0. The molecule has 106 valence electrons. The topological polar surface area (TPSA) is 100 Å². The number of aromatic nitrogens is 1. The number of nitro benzene ring substituents is 1. The molecule has 0 aliphatic heterocycles. The fourth-order valence-corrected chi connectivity index (χ4v) is 2.27. The summed E-state index contributed by atoms with van der Waals surface area (Å²) < 4.78 is 0. The maximum atomic E-state index is 11.7. The second-order valence-corrected chi connectivity index (χ2v) is 4.43. The van der Waals surface area contributed by atoms with Crippen LogP contribution in [0, 0.1) is 10.1 Å². The summed E-state index contributed by atoms with van der Waals surface area (Å²) in [6.45, 7) is 0. The number of benzene rings is 1. The van der Waals surface area contributed by atoms with Gasteiger partial charge in [0.25, 0.3) is 5.69 Å². The van der Waals surface area contributed by atoms with Crippen LogP contribution in [0.25, 0.3) is 10.9 Å². The number of non-ortho nitro benzene ring substituents is 1. The number of carbonyl (C=O) groups is 1. The van der Waals surface area contributed by atoms with Crippen LogP contribution < -0.4 is 10.6 Å². The van der Waals surface area contributed by atoms with Crippen LogP contribution in [0.4, 0.5) is 5.69 Å². The quantitative estimate of drug-likeness (QED) is 0.559. The van der Waals surface area contributed by atoms with Crippen LogP contribution in [0.5, 0.6) is 0 Å². The van der Waals surface area contributed by atoms with Crippen molar-refractivity contribution in [3.05, 3.63) is 40.1 Å². The highest BCUT2D eigenvalue weighted by Gasteiger charge is 2.21. The minimum atomic E-state index is -0.432. The van der Waals surface area contributed by atoms with E-state index in [-0.39, 0.29) is 11.6 Å². The van der Waals surface area contributed by atoms with E-state index >= 15 is 0 Å². The summed E-state index contributed by atoms with van der Waals surface area (Å²) in [5.41, 5.74) is 1.49. The van der Waals surface area contributed by atoms with Gasteiger partial charge in [0, 0.05) is 19.3 Å². The Labute approximate surface area is 115 Å². The first-order chi connectivity index (χ1) is 9.58. The molecule has 1 atom stereocenters. The summed E-state index contributed by atoms with van der Waals surface area (Å²) in [5.74, 6) is -0.152. The molecule has 0 saturated carbocycles. The van der Waals surface area contributed by atoms with Gasteiger partial charge in [-0.25, -0.2) is 0 Å². The number of H-pyrrole nitrogens is 1. The van der Waals surface area contributed by atoms with Crippen molar-refractivity contribution in [3.63, 3.8) is 0 Å². The van der Waals surface area contributed by atoms with Gasteiger partial charge in [-0.3, -0.25) is 14.9 Å². The highest BCUT2D eigenvalue weighted by Crippen LogP contribution is 2.29. The fourth-order valence-electron chi connectivity index (χ4n) is 2.27. The SMILES string of the molecule is CNC(=O)[C@H](Cc1c[nH]c2cccc([N+](=O)[O-])c12)NC. The number of carbonyl (C=O) groups excluding carboxylic acids is 1. The van der Waals surface area contributed by atoms with Gasteiger partial charge in [-0.05, 0) is 25.1 Å². The minimum absolute atomic E-state index is 0.0468. The molecule has 1 aromatic carbocycles. The third-order valence-electron chi connectivity index (χ3n) is 3.30. The summed E-state index contributed by atoms with van der Waals surface area (Å²) >= 11 is 0. The second-order valence-electron chi connectivity index (χ2n) is 4.43. The molecule has 2 aromatic rings. The van der Waals surface area contributed by atoms with Crippen LogP contribution >= 0.6 is 0 Å². The molecule has 7 heteroatoms. The first-order valence-corrected chi connectivity index (χ1v) is 6.20. The number of likely N-dealkylation sites (N-methyl/N-ethyl adjacent to an activating group) is 2. The van der Waals surface area contributed by atoms with E-state index < -0.39 is 11.0 Å². The number of hydrogen-bond acceptors (Lipinski definition) is 4. The van der Waals surface area contributed by atoms with E-state index in [9.17, 15) is 14.9 Å². The Bertz CT molecular complexity index is 650. The van der Waals surface area contributed by atoms with E-state index in [4.69, 9.17) is 0 Å². The number of nitro groups is 1. The lowest BCUT2D eigenvalue weighted by Crippen LogP contribution is -2.42. The van der Waals surface area contributed by atoms with E-state index in [0.29, 0.717) is 17.3 Å². The first-order valence-electron chi connectivity index (χ1n) is 6.20. The van der Waals surface area contributed by atoms with Gasteiger partial charge in [-0.15, -0.1) is 0 Å². The van der Waals surface area contributed by atoms with Crippen LogP contribution in [0.1, 0.15) is 5.56 Å². The average Bonchev–Trinajstić information content (AvgIpc) is 2.86. The first kappa shape index (κ1) is 14.0. The summed E-state index contributed by atoms with van der Waals surface area (Å²) in [5, 5.41) is 17.1. The molecule has 20 heavy (non-hydrogen) atoms.